The number of nitrogens with zero attached hydrogens (tertiary/aromatic N) is 5. The number of carbonyl (C=O) groups is 1. The van der Waals surface area contributed by atoms with Gasteiger partial charge in [0.25, 0.3) is 0 Å². The molecule has 0 radical (unpaired) electrons. The van der Waals surface area contributed by atoms with Crippen molar-refractivity contribution >= 4 is 17.7 Å². The molecule has 4 aliphatic rings. The van der Waals surface area contributed by atoms with Gasteiger partial charge in [0.05, 0.1) is 6.61 Å². The van der Waals surface area contributed by atoms with Crippen LogP contribution in [0.5, 0.6) is 0 Å². The number of rotatable bonds is 11. The number of hydrogen-bond acceptors (Lipinski definition) is 8. The standard InChI is InChI=1S/C33H57N7O2/c1-42-26-25-39(32(41)27-14-18-34-19-15-27)24-17-30-29(13-10-23-40(30)28-11-6-5-7-12-28)36-33-35-20-16-31(37-33)38-21-8-3-2-4-9-22-38/h16,20,27-30,34H,2-15,17-19,21-26H2,1H3,(H,35,36,37)/t29-,30+/m0/s1. The monoisotopic (exact) mass is 583 g/mol. The van der Waals surface area contributed by atoms with Crippen molar-refractivity contribution in [1.82, 2.24) is 25.1 Å². The molecule has 3 aliphatic heterocycles. The van der Waals surface area contributed by atoms with Gasteiger partial charge in [-0.25, -0.2) is 4.98 Å². The molecule has 42 heavy (non-hydrogen) atoms. The lowest BCUT2D eigenvalue weighted by Crippen LogP contribution is -2.56. The third kappa shape index (κ3) is 8.79. The lowest BCUT2D eigenvalue weighted by molar-refractivity contribution is -0.137. The summed E-state index contributed by atoms with van der Waals surface area (Å²) >= 11 is 0. The Morgan fingerprint density at radius 3 is 2.45 bits per heavy atom. The quantitative estimate of drug-likeness (QED) is 0.388. The van der Waals surface area contributed by atoms with Crippen LogP contribution in [0.25, 0.3) is 0 Å². The Labute approximate surface area is 254 Å². The predicted octanol–water partition coefficient (Wildman–Crippen LogP) is 4.69. The van der Waals surface area contributed by atoms with Gasteiger partial charge in [-0.1, -0.05) is 38.5 Å². The molecule has 0 aromatic carbocycles. The fraction of sp³-hybridized carbons (Fsp3) is 0.848. The molecule has 1 aromatic heterocycles. The molecule has 2 N–H and O–H groups in total. The molecular weight excluding hydrogens is 526 g/mol. The van der Waals surface area contributed by atoms with Crippen LogP contribution < -0.4 is 15.5 Å². The summed E-state index contributed by atoms with van der Waals surface area (Å²) in [5.74, 6) is 2.28. The van der Waals surface area contributed by atoms with E-state index in [1.807, 2.05) is 6.20 Å². The zero-order chi connectivity index (χ0) is 29.0. The van der Waals surface area contributed by atoms with Gasteiger partial charge in [0, 0.05) is 63.5 Å². The van der Waals surface area contributed by atoms with Crippen LogP contribution in [-0.2, 0) is 9.53 Å². The first-order valence-corrected chi connectivity index (χ1v) is 17.3. The number of hydrogen-bond donors (Lipinski definition) is 2. The average Bonchev–Trinajstić information content (AvgIpc) is 3.02. The summed E-state index contributed by atoms with van der Waals surface area (Å²) in [6, 6.07) is 3.37. The fourth-order valence-electron chi connectivity index (χ4n) is 7.87. The molecule has 9 nitrogen and oxygen atoms in total. The second kappa shape index (κ2) is 16.8. The fourth-order valence-corrected chi connectivity index (χ4v) is 7.87. The van der Waals surface area contributed by atoms with Gasteiger partial charge in [0.1, 0.15) is 5.82 Å². The molecule has 9 heteroatoms. The number of nitrogens with one attached hydrogen (secondary N) is 2. The van der Waals surface area contributed by atoms with Crippen LogP contribution in [-0.4, -0.2) is 103 Å². The van der Waals surface area contributed by atoms with Crippen LogP contribution in [0.1, 0.15) is 96.3 Å². The highest BCUT2D eigenvalue weighted by Crippen LogP contribution is 2.32. The van der Waals surface area contributed by atoms with E-state index < -0.39 is 0 Å². The molecule has 0 unspecified atom stereocenters. The van der Waals surface area contributed by atoms with Crippen LogP contribution >= 0.6 is 0 Å². The molecule has 3 saturated heterocycles. The zero-order valence-electron chi connectivity index (χ0n) is 26.3. The minimum absolute atomic E-state index is 0.136. The number of methoxy groups -OCH3 is 1. The number of carbonyl (C=O) groups excluding carboxylic acids is 1. The van der Waals surface area contributed by atoms with Crippen molar-refractivity contribution in [3.8, 4) is 0 Å². The Bertz CT molecular complexity index is 929. The van der Waals surface area contributed by atoms with E-state index in [0.29, 0.717) is 31.1 Å². The van der Waals surface area contributed by atoms with E-state index in [4.69, 9.17) is 14.7 Å². The minimum Gasteiger partial charge on any atom is -0.383 e. The van der Waals surface area contributed by atoms with Gasteiger partial charge in [-0.05, 0) is 83.5 Å². The van der Waals surface area contributed by atoms with Crippen molar-refractivity contribution in [2.45, 2.75) is 114 Å². The summed E-state index contributed by atoms with van der Waals surface area (Å²) < 4.78 is 5.44. The third-order valence-electron chi connectivity index (χ3n) is 10.3. The van der Waals surface area contributed by atoms with Crippen molar-refractivity contribution < 1.29 is 9.53 Å². The maximum absolute atomic E-state index is 13.7. The van der Waals surface area contributed by atoms with E-state index in [0.717, 1.165) is 76.7 Å². The highest BCUT2D eigenvalue weighted by molar-refractivity contribution is 5.79. The molecule has 4 fully saturated rings. The number of aromatic nitrogens is 2. The van der Waals surface area contributed by atoms with Gasteiger partial charge in [0.2, 0.25) is 11.9 Å². The lowest BCUT2D eigenvalue weighted by atomic mass is 9.87. The first-order chi connectivity index (χ1) is 20.7. The van der Waals surface area contributed by atoms with Crippen LogP contribution in [0, 0.1) is 5.92 Å². The third-order valence-corrected chi connectivity index (χ3v) is 10.3. The highest BCUT2D eigenvalue weighted by atomic mass is 16.5. The normalized spacial score (nSPS) is 25.5. The highest BCUT2D eigenvalue weighted by Gasteiger charge is 2.37. The second-order valence-corrected chi connectivity index (χ2v) is 13.1. The van der Waals surface area contributed by atoms with Gasteiger partial charge in [0.15, 0.2) is 0 Å². The largest absolute Gasteiger partial charge is 0.383 e. The zero-order valence-corrected chi connectivity index (χ0v) is 26.3. The molecule has 4 heterocycles. The summed E-state index contributed by atoms with van der Waals surface area (Å²) in [6.45, 7) is 7.25. The van der Waals surface area contributed by atoms with E-state index in [-0.39, 0.29) is 12.0 Å². The number of anilines is 2. The second-order valence-electron chi connectivity index (χ2n) is 13.1. The van der Waals surface area contributed by atoms with E-state index >= 15 is 0 Å². The van der Waals surface area contributed by atoms with Crippen LogP contribution in [0.3, 0.4) is 0 Å². The summed E-state index contributed by atoms with van der Waals surface area (Å²) in [6.07, 6.45) is 20.2. The maximum Gasteiger partial charge on any atom is 0.225 e. The SMILES string of the molecule is COCCN(CC[C@@H]1[C@@H](Nc2nccc(N3CCCCCCC3)n2)CCCN1C1CCCCC1)C(=O)C1CCNCC1. The molecular formula is C33H57N7O2. The van der Waals surface area contributed by atoms with Gasteiger partial charge in [-0.15, -0.1) is 0 Å². The lowest BCUT2D eigenvalue weighted by Gasteiger charge is -2.47. The number of ether oxygens (including phenoxy) is 1. The van der Waals surface area contributed by atoms with Crippen molar-refractivity contribution in [3.63, 3.8) is 0 Å². The molecule has 1 aromatic rings. The predicted molar refractivity (Wildman–Crippen MR) is 170 cm³/mol. The molecule has 1 saturated carbocycles. The Morgan fingerprint density at radius 1 is 0.952 bits per heavy atom. The Morgan fingerprint density at radius 2 is 1.69 bits per heavy atom. The molecule has 1 aliphatic carbocycles. The minimum atomic E-state index is 0.136. The van der Waals surface area contributed by atoms with Gasteiger partial charge in [-0.2, -0.15) is 4.98 Å². The Balaban J connectivity index is 1.31. The molecule has 236 valence electrons. The first kappa shape index (κ1) is 31.5. The van der Waals surface area contributed by atoms with E-state index in [9.17, 15) is 4.79 Å². The molecule has 0 bridgehead atoms. The average molecular weight is 584 g/mol. The van der Waals surface area contributed by atoms with Crippen molar-refractivity contribution in [2.75, 3.05) is 69.7 Å². The van der Waals surface area contributed by atoms with Gasteiger partial charge >= 0.3 is 0 Å². The van der Waals surface area contributed by atoms with Crippen LogP contribution in [0.15, 0.2) is 12.3 Å². The number of amides is 1. The maximum atomic E-state index is 13.7. The van der Waals surface area contributed by atoms with Crippen molar-refractivity contribution in [2.24, 2.45) is 5.92 Å². The topological polar surface area (TPSA) is 85.9 Å². The Kier molecular flexibility index (Phi) is 12.6. The van der Waals surface area contributed by atoms with E-state index in [1.54, 1.807) is 7.11 Å². The van der Waals surface area contributed by atoms with E-state index in [2.05, 4.69) is 31.4 Å². The molecule has 2 atom stereocenters. The van der Waals surface area contributed by atoms with E-state index in [1.165, 1.54) is 70.6 Å². The van der Waals surface area contributed by atoms with Crippen LogP contribution in [0.4, 0.5) is 11.8 Å². The summed E-state index contributed by atoms with van der Waals surface area (Å²) in [5, 5.41) is 7.25. The first-order valence-electron chi connectivity index (χ1n) is 17.3. The summed E-state index contributed by atoms with van der Waals surface area (Å²) in [4.78, 5) is 30.8. The molecule has 5 rings (SSSR count). The van der Waals surface area contributed by atoms with Crippen molar-refractivity contribution in [1.29, 1.82) is 0 Å². The van der Waals surface area contributed by atoms with Crippen molar-refractivity contribution in [3.05, 3.63) is 12.3 Å². The Hall–Kier alpha value is -1.97. The summed E-state index contributed by atoms with van der Waals surface area (Å²) in [5.41, 5.74) is 0. The van der Waals surface area contributed by atoms with Crippen LogP contribution in [0.2, 0.25) is 0 Å². The number of likely N-dealkylation sites (tertiary alicyclic amines) is 1. The summed E-state index contributed by atoms with van der Waals surface area (Å²) in [7, 11) is 1.74. The van der Waals surface area contributed by atoms with Gasteiger partial charge < -0.3 is 25.2 Å². The van der Waals surface area contributed by atoms with Gasteiger partial charge in [-0.3, -0.25) is 9.69 Å². The molecule has 1 amide bonds. The molecule has 0 spiro atoms. The number of piperidine rings is 2. The smallest absolute Gasteiger partial charge is 0.225 e.